The van der Waals surface area contributed by atoms with Crippen molar-refractivity contribution < 1.29 is 0 Å². The maximum absolute atomic E-state index is 4.58. The highest BCUT2D eigenvalue weighted by atomic mass is 79.9. The van der Waals surface area contributed by atoms with E-state index in [0.717, 1.165) is 26.4 Å². The van der Waals surface area contributed by atoms with Crippen molar-refractivity contribution in [2.75, 3.05) is 5.43 Å². The Bertz CT molecular complexity index is 838. The molecule has 0 aliphatic rings. The third kappa shape index (κ3) is 4.06. The topological polar surface area (TPSA) is 37.3 Å². The molecule has 116 valence electrons. The molecule has 0 atom stereocenters. The predicted octanol–water partition coefficient (Wildman–Crippen LogP) is 5.64. The van der Waals surface area contributed by atoms with Crippen LogP contribution in [0.3, 0.4) is 0 Å². The highest BCUT2D eigenvalue weighted by molar-refractivity contribution is 9.10. The van der Waals surface area contributed by atoms with Gasteiger partial charge in [0.15, 0.2) is 0 Å². The molecule has 0 saturated carbocycles. The molecule has 1 heterocycles. The summed E-state index contributed by atoms with van der Waals surface area (Å²) in [5.41, 5.74) is 8.70. The van der Waals surface area contributed by atoms with Crippen molar-refractivity contribution in [1.82, 2.24) is 4.98 Å². The van der Waals surface area contributed by atoms with Crippen molar-refractivity contribution >= 4 is 38.6 Å². The fourth-order valence-electron chi connectivity index (χ4n) is 2.07. The summed E-state index contributed by atoms with van der Waals surface area (Å²) in [5, 5.41) is 7.06. The summed E-state index contributed by atoms with van der Waals surface area (Å²) in [6.07, 6.45) is 1.78. The Morgan fingerprint density at radius 3 is 2.61 bits per heavy atom. The van der Waals surface area contributed by atoms with E-state index < -0.39 is 0 Å². The molecule has 3 nitrogen and oxygen atoms in total. The summed E-state index contributed by atoms with van der Waals surface area (Å²) >= 11 is 4.96. The minimum Gasteiger partial charge on any atom is -0.253 e. The highest BCUT2D eigenvalue weighted by Crippen LogP contribution is 2.26. The fraction of sp³-hybridized carbons (Fsp3) is 0.111. The van der Waals surface area contributed by atoms with Crippen molar-refractivity contribution in [3.63, 3.8) is 0 Å². The zero-order chi connectivity index (χ0) is 16.2. The highest BCUT2D eigenvalue weighted by Gasteiger charge is 2.05. The molecule has 0 radical (unpaired) electrons. The zero-order valence-electron chi connectivity index (χ0n) is 12.9. The molecule has 3 aromatic rings. The van der Waals surface area contributed by atoms with Gasteiger partial charge in [0.25, 0.3) is 0 Å². The molecule has 0 fully saturated rings. The molecular formula is C18H16BrN3S. The van der Waals surface area contributed by atoms with Gasteiger partial charge >= 0.3 is 0 Å². The fourth-order valence-corrected chi connectivity index (χ4v) is 3.00. The minimum atomic E-state index is 0.784. The van der Waals surface area contributed by atoms with Crippen LogP contribution in [0.4, 0.5) is 5.13 Å². The van der Waals surface area contributed by atoms with Gasteiger partial charge in [0.1, 0.15) is 0 Å². The summed E-state index contributed by atoms with van der Waals surface area (Å²) in [7, 11) is 0. The van der Waals surface area contributed by atoms with E-state index in [0.29, 0.717) is 0 Å². The van der Waals surface area contributed by atoms with E-state index >= 15 is 0 Å². The number of aryl methyl sites for hydroxylation is 2. The summed E-state index contributed by atoms with van der Waals surface area (Å²) in [6.45, 7) is 4.23. The van der Waals surface area contributed by atoms with Gasteiger partial charge in [0.2, 0.25) is 5.13 Å². The van der Waals surface area contributed by atoms with Crippen LogP contribution in [0.1, 0.15) is 16.7 Å². The van der Waals surface area contributed by atoms with Gasteiger partial charge < -0.3 is 0 Å². The van der Waals surface area contributed by atoms with Crippen LogP contribution in [-0.4, -0.2) is 11.2 Å². The van der Waals surface area contributed by atoms with Crippen LogP contribution in [0.2, 0.25) is 0 Å². The van der Waals surface area contributed by atoms with E-state index in [1.807, 2.05) is 29.6 Å². The lowest BCUT2D eigenvalue weighted by Crippen LogP contribution is -1.90. The van der Waals surface area contributed by atoms with Gasteiger partial charge in [-0.3, -0.25) is 5.43 Å². The third-order valence-corrected chi connectivity index (χ3v) is 4.83. The van der Waals surface area contributed by atoms with Gasteiger partial charge in [0, 0.05) is 15.4 Å². The second-order valence-corrected chi connectivity index (χ2v) is 7.03. The molecule has 23 heavy (non-hydrogen) atoms. The van der Waals surface area contributed by atoms with Crippen molar-refractivity contribution in [3.05, 3.63) is 69.0 Å². The monoisotopic (exact) mass is 385 g/mol. The lowest BCUT2D eigenvalue weighted by molar-refractivity contribution is 1.28. The smallest absolute Gasteiger partial charge is 0.203 e. The third-order valence-electron chi connectivity index (χ3n) is 3.55. The molecule has 0 amide bonds. The van der Waals surface area contributed by atoms with Crippen LogP contribution in [0.5, 0.6) is 0 Å². The average Bonchev–Trinajstić information content (AvgIpc) is 3.01. The Morgan fingerprint density at radius 1 is 1.09 bits per heavy atom. The maximum Gasteiger partial charge on any atom is 0.203 e. The number of aromatic nitrogens is 1. The number of hydrogen-bond donors (Lipinski definition) is 1. The molecule has 1 aromatic heterocycles. The van der Waals surface area contributed by atoms with Gasteiger partial charge in [0.05, 0.1) is 11.9 Å². The van der Waals surface area contributed by atoms with Gasteiger partial charge in [-0.1, -0.05) is 40.2 Å². The maximum atomic E-state index is 4.58. The van der Waals surface area contributed by atoms with Gasteiger partial charge in [-0.25, -0.2) is 4.98 Å². The number of nitrogens with one attached hydrogen (secondary N) is 1. The first-order valence-corrected chi connectivity index (χ1v) is 8.87. The van der Waals surface area contributed by atoms with Gasteiger partial charge in [-0.05, 0) is 48.7 Å². The van der Waals surface area contributed by atoms with Crippen molar-refractivity contribution in [2.45, 2.75) is 13.8 Å². The number of hydrazone groups is 1. The normalized spacial score (nSPS) is 11.1. The van der Waals surface area contributed by atoms with E-state index in [1.165, 1.54) is 11.1 Å². The number of hydrogen-bond acceptors (Lipinski definition) is 4. The lowest BCUT2D eigenvalue weighted by atomic mass is 10.1. The molecule has 0 spiro atoms. The summed E-state index contributed by atoms with van der Waals surface area (Å²) < 4.78 is 1.06. The van der Waals surface area contributed by atoms with E-state index in [1.54, 1.807) is 17.6 Å². The second kappa shape index (κ2) is 7.06. The summed E-state index contributed by atoms with van der Waals surface area (Å²) in [4.78, 5) is 4.58. The molecule has 0 aliphatic carbocycles. The van der Waals surface area contributed by atoms with Crippen molar-refractivity contribution in [2.24, 2.45) is 5.10 Å². The van der Waals surface area contributed by atoms with Crippen LogP contribution < -0.4 is 5.43 Å². The molecule has 3 rings (SSSR count). The molecule has 2 aromatic carbocycles. The van der Waals surface area contributed by atoms with E-state index in [2.05, 4.69) is 63.5 Å². The number of nitrogens with zero attached hydrogens (tertiary/aromatic N) is 2. The van der Waals surface area contributed by atoms with Crippen LogP contribution in [-0.2, 0) is 0 Å². The quantitative estimate of drug-likeness (QED) is 0.466. The molecule has 0 unspecified atom stereocenters. The minimum absolute atomic E-state index is 0.784. The lowest BCUT2D eigenvalue weighted by Gasteiger charge is -2.02. The number of anilines is 1. The van der Waals surface area contributed by atoms with Crippen molar-refractivity contribution in [3.8, 4) is 11.3 Å². The largest absolute Gasteiger partial charge is 0.253 e. The van der Waals surface area contributed by atoms with Crippen LogP contribution in [0.25, 0.3) is 11.3 Å². The SMILES string of the molecule is Cc1ccc(-c2csc(N/N=C\c3ccc(Br)cc3)n2)cc1C. The first kappa shape index (κ1) is 15.9. The first-order valence-electron chi connectivity index (χ1n) is 7.19. The Kier molecular flexibility index (Phi) is 4.88. The molecule has 5 heteroatoms. The molecule has 0 saturated heterocycles. The van der Waals surface area contributed by atoms with Crippen LogP contribution >= 0.6 is 27.3 Å². The molecule has 0 bridgehead atoms. The summed E-state index contributed by atoms with van der Waals surface area (Å²) in [5.74, 6) is 0. The van der Waals surface area contributed by atoms with E-state index in [-0.39, 0.29) is 0 Å². The van der Waals surface area contributed by atoms with E-state index in [4.69, 9.17) is 0 Å². The Balaban J connectivity index is 1.69. The zero-order valence-corrected chi connectivity index (χ0v) is 15.3. The first-order chi connectivity index (χ1) is 11.1. The Labute approximate surface area is 148 Å². The standard InChI is InChI=1S/C18H16BrN3S/c1-12-3-6-15(9-13(12)2)17-11-23-18(21-17)22-20-10-14-4-7-16(19)8-5-14/h3-11H,1-2H3,(H,21,22)/b20-10-. The van der Waals surface area contributed by atoms with Gasteiger partial charge in [-0.15, -0.1) is 11.3 Å². The van der Waals surface area contributed by atoms with Crippen molar-refractivity contribution in [1.29, 1.82) is 0 Å². The molecule has 0 aliphatic heterocycles. The Morgan fingerprint density at radius 2 is 1.87 bits per heavy atom. The predicted molar refractivity (Wildman–Crippen MR) is 102 cm³/mol. The van der Waals surface area contributed by atoms with Crippen LogP contribution in [0.15, 0.2) is 57.4 Å². The van der Waals surface area contributed by atoms with Gasteiger partial charge in [-0.2, -0.15) is 5.10 Å². The average molecular weight is 386 g/mol. The number of halogens is 1. The second-order valence-electron chi connectivity index (χ2n) is 5.26. The number of thiazole rings is 1. The number of benzene rings is 2. The van der Waals surface area contributed by atoms with E-state index in [9.17, 15) is 0 Å². The molecular weight excluding hydrogens is 370 g/mol. The molecule has 1 N–H and O–H groups in total. The van der Waals surface area contributed by atoms with Crippen LogP contribution in [0, 0.1) is 13.8 Å². The Hall–Kier alpha value is -1.98. The number of rotatable bonds is 4. The summed E-state index contributed by atoms with van der Waals surface area (Å²) in [6, 6.07) is 14.4.